The first-order chi connectivity index (χ1) is 7.88. The van der Waals surface area contributed by atoms with Gasteiger partial charge in [-0.3, -0.25) is 0 Å². The van der Waals surface area contributed by atoms with Gasteiger partial charge in [-0.05, 0) is 24.7 Å². The molecule has 1 unspecified atom stereocenters. The standard InChI is InChI=1S/C11H18N4S/c1-2-5-12-11-13-6-3-10(15-11)14-9-4-7-16-8-9/h3,6,9H,2,4-5,7-8H2,1H3,(H2,12,13,14,15). The van der Waals surface area contributed by atoms with Gasteiger partial charge in [0.2, 0.25) is 5.95 Å². The lowest BCUT2D eigenvalue weighted by molar-refractivity contribution is 0.805. The third-order valence-corrected chi connectivity index (χ3v) is 3.63. The summed E-state index contributed by atoms with van der Waals surface area (Å²) in [6, 6.07) is 2.50. The van der Waals surface area contributed by atoms with Crippen molar-refractivity contribution in [3.8, 4) is 0 Å². The van der Waals surface area contributed by atoms with Crippen LogP contribution in [0.25, 0.3) is 0 Å². The molecular formula is C11H18N4S. The molecule has 1 aromatic rings. The molecule has 88 valence electrons. The molecule has 16 heavy (non-hydrogen) atoms. The smallest absolute Gasteiger partial charge is 0.224 e. The molecule has 0 bridgehead atoms. The molecule has 0 aliphatic carbocycles. The van der Waals surface area contributed by atoms with E-state index < -0.39 is 0 Å². The second-order valence-corrected chi connectivity index (χ2v) is 5.05. The third-order valence-electron chi connectivity index (χ3n) is 2.47. The molecule has 0 spiro atoms. The normalized spacial score (nSPS) is 19.7. The maximum atomic E-state index is 4.43. The van der Waals surface area contributed by atoms with Crippen molar-refractivity contribution in [3.63, 3.8) is 0 Å². The Morgan fingerprint density at radius 2 is 2.50 bits per heavy atom. The first kappa shape index (κ1) is 11.5. The van der Waals surface area contributed by atoms with Crippen molar-refractivity contribution in [1.82, 2.24) is 9.97 Å². The second kappa shape index (κ2) is 5.94. The summed E-state index contributed by atoms with van der Waals surface area (Å²) in [5, 5.41) is 6.64. The van der Waals surface area contributed by atoms with Gasteiger partial charge in [0.05, 0.1) is 0 Å². The van der Waals surface area contributed by atoms with Gasteiger partial charge in [-0.25, -0.2) is 4.98 Å². The van der Waals surface area contributed by atoms with Gasteiger partial charge in [0.1, 0.15) is 5.82 Å². The van der Waals surface area contributed by atoms with Gasteiger partial charge in [0, 0.05) is 24.5 Å². The van der Waals surface area contributed by atoms with Crippen LogP contribution in [0.15, 0.2) is 12.3 Å². The molecule has 1 aliphatic rings. The number of anilines is 2. The Labute approximate surface area is 101 Å². The second-order valence-electron chi connectivity index (χ2n) is 3.90. The highest BCUT2D eigenvalue weighted by atomic mass is 32.2. The fraction of sp³-hybridized carbons (Fsp3) is 0.636. The van der Waals surface area contributed by atoms with Crippen LogP contribution in [0.3, 0.4) is 0 Å². The Kier molecular flexibility index (Phi) is 4.27. The summed E-state index contributed by atoms with van der Waals surface area (Å²) < 4.78 is 0. The Bertz CT molecular complexity index is 326. The highest BCUT2D eigenvalue weighted by Gasteiger charge is 2.15. The van der Waals surface area contributed by atoms with Crippen LogP contribution in [0.2, 0.25) is 0 Å². The van der Waals surface area contributed by atoms with Crippen LogP contribution in [0, 0.1) is 0 Å². The van der Waals surface area contributed by atoms with Crippen molar-refractivity contribution in [1.29, 1.82) is 0 Å². The number of thioether (sulfide) groups is 1. The fourth-order valence-corrected chi connectivity index (χ4v) is 2.77. The number of nitrogens with zero attached hydrogens (tertiary/aromatic N) is 2. The van der Waals surface area contributed by atoms with E-state index in [2.05, 4.69) is 27.5 Å². The Morgan fingerprint density at radius 1 is 1.56 bits per heavy atom. The molecule has 1 aliphatic heterocycles. The van der Waals surface area contributed by atoms with Gasteiger partial charge < -0.3 is 10.6 Å². The lowest BCUT2D eigenvalue weighted by atomic mass is 10.2. The SMILES string of the molecule is CCCNc1nccc(NC2CCSC2)n1. The zero-order valence-corrected chi connectivity index (χ0v) is 10.4. The maximum Gasteiger partial charge on any atom is 0.224 e. The van der Waals surface area contributed by atoms with Gasteiger partial charge in [-0.15, -0.1) is 0 Å². The monoisotopic (exact) mass is 238 g/mol. The first-order valence-corrected chi connectivity index (χ1v) is 6.95. The van der Waals surface area contributed by atoms with E-state index >= 15 is 0 Å². The number of nitrogens with one attached hydrogen (secondary N) is 2. The van der Waals surface area contributed by atoms with Crippen LogP contribution in [-0.4, -0.2) is 34.1 Å². The lowest BCUT2D eigenvalue weighted by Gasteiger charge is -2.12. The predicted octanol–water partition coefficient (Wildman–Crippen LogP) is 2.22. The molecule has 2 N–H and O–H groups in total. The zero-order chi connectivity index (χ0) is 11.2. The maximum absolute atomic E-state index is 4.43. The topological polar surface area (TPSA) is 49.8 Å². The molecule has 0 saturated carbocycles. The van der Waals surface area contributed by atoms with Gasteiger partial charge in [-0.1, -0.05) is 6.92 Å². The summed E-state index contributed by atoms with van der Waals surface area (Å²) in [7, 11) is 0. The summed E-state index contributed by atoms with van der Waals surface area (Å²) in [4.78, 5) is 8.62. The van der Waals surface area contributed by atoms with Crippen LogP contribution < -0.4 is 10.6 Å². The van der Waals surface area contributed by atoms with E-state index in [9.17, 15) is 0 Å². The molecule has 1 fully saturated rings. The Morgan fingerprint density at radius 3 is 3.25 bits per heavy atom. The van der Waals surface area contributed by atoms with E-state index in [-0.39, 0.29) is 0 Å². The van der Waals surface area contributed by atoms with Crippen molar-refractivity contribution >= 4 is 23.5 Å². The number of hydrogen-bond donors (Lipinski definition) is 2. The van der Waals surface area contributed by atoms with Crippen molar-refractivity contribution in [3.05, 3.63) is 12.3 Å². The van der Waals surface area contributed by atoms with E-state index in [1.54, 1.807) is 6.20 Å². The number of hydrogen-bond acceptors (Lipinski definition) is 5. The lowest BCUT2D eigenvalue weighted by Crippen LogP contribution is -2.19. The number of rotatable bonds is 5. The van der Waals surface area contributed by atoms with Crippen LogP contribution in [0.4, 0.5) is 11.8 Å². The molecule has 1 aromatic heterocycles. The van der Waals surface area contributed by atoms with Gasteiger partial charge in [0.25, 0.3) is 0 Å². The molecule has 1 saturated heterocycles. The molecule has 5 heteroatoms. The predicted molar refractivity (Wildman–Crippen MR) is 70.2 cm³/mol. The molecule has 1 atom stereocenters. The molecule has 0 aromatic carbocycles. The molecule has 2 rings (SSSR count). The Balaban J connectivity index is 1.92. The van der Waals surface area contributed by atoms with Crippen molar-refractivity contribution in [2.45, 2.75) is 25.8 Å². The quantitative estimate of drug-likeness (QED) is 0.823. The fourth-order valence-electron chi connectivity index (χ4n) is 1.62. The summed E-state index contributed by atoms with van der Waals surface area (Å²) in [6.07, 6.45) is 4.11. The summed E-state index contributed by atoms with van der Waals surface area (Å²) in [5.74, 6) is 4.09. The minimum Gasteiger partial charge on any atom is -0.366 e. The summed E-state index contributed by atoms with van der Waals surface area (Å²) >= 11 is 2.00. The molecule has 2 heterocycles. The van der Waals surface area contributed by atoms with Crippen LogP contribution >= 0.6 is 11.8 Å². The van der Waals surface area contributed by atoms with E-state index in [0.717, 1.165) is 24.7 Å². The molecule has 0 amide bonds. The average Bonchev–Trinajstić information content (AvgIpc) is 2.80. The minimum absolute atomic E-state index is 0.568. The zero-order valence-electron chi connectivity index (χ0n) is 9.57. The van der Waals surface area contributed by atoms with Gasteiger partial charge >= 0.3 is 0 Å². The van der Waals surface area contributed by atoms with Crippen LogP contribution in [0.1, 0.15) is 19.8 Å². The molecule has 0 radical (unpaired) electrons. The summed E-state index contributed by atoms with van der Waals surface area (Å²) in [5.41, 5.74) is 0. The largest absolute Gasteiger partial charge is 0.366 e. The third kappa shape index (κ3) is 3.27. The van der Waals surface area contributed by atoms with E-state index in [1.807, 2.05) is 17.8 Å². The minimum atomic E-state index is 0.568. The molecule has 4 nitrogen and oxygen atoms in total. The highest BCUT2D eigenvalue weighted by molar-refractivity contribution is 7.99. The van der Waals surface area contributed by atoms with Gasteiger partial charge in [-0.2, -0.15) is 16.7 Å². The molecular weight excluding hydrogens is 220 g/mol. The van der Waals surface area contributed by atoms with Crippen molar-refractivity contribution < 1.29 is 0 Å². The average molecular weight is 238 g/mol. The summed E-state index contributed by atoms with van der Waals surface area (Å²) in [6.45, 7) is 3.05. The van der Waals surface area contributed by atoms with Crippen LogP contribution in [0.5, 0.6) is 0 Å². The Hall–Kier alpha value is -0.970. The van der Waals surface area contributed by atoms with Crippen molar-refractivity contribution in [2.24, 2.45) is 0 Å². The van der Waals surface area contributed by atoms with E-state index in [0.29, 0.717) is 6.04 Å². The highest BCUT2D eigenvalue weighted by Crippen LogP contribution is 2.20. The van der Waals surface area contributed by atoms with Gasteiger partial charge in [0.15, 0.2) is 0 Å². The van der Waals surface area contributed by atoms with E-state index in [1.165, 1.54) is 17.9 Å². The van der Waals surface area contributed by atoms with E-state index in [4.69, 9.17) is 0 Å². The van der Waals surface area contributed by atoms with Crippen LogP contribution in [-0.2, 0) is 0 Å². The first-order valence-electron chi connectivity index (χ1n) is 5.79. The van der Waals surface area contributed by atoms with Crippen molar-refractivity contribution in [2.75, 3.05) is 28.7 Å². The number of aromatic nitrogens is 2.